The molecular weight excluding hydrogens is 374 g/mol. The molecular formula is C21H25N3O5. The second-order valence-corrected chi connectivity index (χ2v) is 6.85. The number of nitro benzene ring substituents is 1. The lowest BCUT2D eigenvalue weighted by atomic mass is 10.1. The highest BCUT2D eigenvalue weighted by Gasteiger charge is 2.24. The molecule has 1 aliphatic rings. The predicted octanol–water partition coefficient (Wildman–Crippen LogP) is 2.94. The van der Waals surface area contributed by atoms with Gasteiger partial charge in [0.05, 0.1) is 18.1 Å². The maximum atomic E-state index is 12.3. The fraction of sp³-hybridized carbons (Fsp3) is 0.381. The number of ether oxygens (including phenoxy) is 2. The minimum atomic E-state index is -0.527. The fourth-order valence-corrected chi connectivity index (χ4v) is 3.47. The fourth-order valence-electron chi connectivity index (χ4n) is 3.47. The van der Waals surface area contributed by atoms with Crippen LogP contribution in [-0.4, -0.2) is 49.1 Å². The molecule has 0 aromatic heterocycles. The number of nitrogens with one attached hydrogen (secondary N) is 1. The second kappa shape index (κ2) is 9.88. The van der Waals surface area contributed by atoms with Gasteiger partial charge in [-0.15, -0.1) is 0 Å². The molecule has 29 heavy (non-hydrogen) atoms. The number of nitro groups is 1. The number of nitrogens with zero attached hydrogens (tertiary/aromatic N) is 2. The Morgan fingerprint density at radius 1 is 1.17 bits per heavy atom. The highest BCUT2D eigenvalue weighted by Crippen LogP contribution is 2.27. The van der Waals surface area contributed by atoms with Crippen molar-refractivity contribution in [1.82, 2.24) is 10.2 Å². The van der Waals surface area contributed by atoms with Crippen molar-refractivity contribution >= 4 is 11.6 Å². The van der Waals surface area contributed by atoms with Crippen LogP contribution in [0.5, 0.6) is 11.5 Å². The van der Waals surface area contributed by atoms with E-state index in [0.29, 0.717) is 6.54 Å². The van der Waals surface area contributed by atoms with Gasteiger partial charge in [0.2, 0.25) is 0 Å². The van der Waals surface area contributed by atoms with E-state index in [0.717, 1.165) is 37.2 Å². The molecule has 0 saturated carbocycles. The van der Waals surface area contributed by atoms with Gasteiger partial charge in [0.1, 0.15) is 5.75 Å². The van der Waals surface area contributed by atoms with Gasteiger partial charge in [0.25, 0.3) is 5.91 Å². The maximum Gasteiger partial charge on any atom is 0.310 e. The van der Waals surface area contributed by atoms with E-state index in [1.54, 1.807) is 19.2 Å². The molecule has 1 aliphatic heterocycles. The first-order valence-electron chi connectivity index (χ1n) is 9.59. The Morgan fingerprint density at radius 3 is 2.52 bits per heavy atom. The molecule has 8 nitrogen and oxygen atoms in total. The summed E-state index contributed by atoms with van der Waals surface area (Å²) in [6.07, 6.45) is 2.28. The van der Waals surface area contributed by atoms with Crippen molar-refractivity contribution in [3.05, 3.63) is 64.2 Å². The SMILES string of the molecule is COc1ccc([C@@H](CNC(=O)COc2ccccc2[N+](=O)[O-])N2CCCC2)cc1. The first kappa shape index (κ1) is 20.6. The Bertz CT molecular complexity index is 834. The first-order valence-corrected chi connectivity index (χ1v) is 9.59. The maximum absolute atomic E-state index is 12.3. The van der Waals surface area contributed by atoms with Crippen LogP contribution in [0.15, 0.2) is 48.5 Å². The molecule has 1 fully saturated rings. The number of methoxy groups -OCH3 is 1. The molecule has 154 valence electrons. The summed E-state index contributed by atoms with van der Waals surface area (Å²) in [6, 6.07) is 13.9. The van der Waals surface area contributed by atoms with Gasteiger partial charge in [-0.05, 0) is 49.7 Å². The number of likely N-dealkylation sites (tertiary alicyclic amines) is 1. The van der Waals surface area contributed by atoms with E-state index in [9.17, 15) is 14.9 Å². The van der Waals surface area contributed by atoms with Gasteiger partial charge in [0, 0.05) is 12.6 Å². The quantitative estimate of drug-likeness (QED) is 0.515. The summed E-state index contributed by atoms with van der Waals surface area (Å²) in [5.41, 5.74) is 0.945. The topological polar surface area (TPSA) is 93.9 Å². The molecule has 1 atom stereocenters. The average Bonchev–Trinajstić information content (AvgIpc) is 3.27. The van der Waals surface area contributed by atoms with Crippen LogP contribution in [-0.2, 0) is 4.79 Å². The lowest BCUT2D eigenvalue weighted by Gasteiger charge is -2.28. The number of rotatable bonds is 9. The van der Waals surface area contributed by atoms with Crippen molar-refractivity contribution in [1.29, 1.82) is 0 Å². The number of carbonyl (C=O) groups excluding carboxylic acids is 1. The lowest BCUT2D eigenvalue weighted by Crippen LogP contribution is -2.38. The molecule has 8 heteroatoms. The van der Waals surface area contributed by atoms with Crippen LogP contribution >= 0.6 is 0 Å². The first-order chi connectivity index (χ1) is 14.1. The van der Waals surface area contributed by atoms with E-state index in [4.69, 9.17) is 9.47 Å². The van der Waals surface area contributed by atoms with Crippen molar-refractivity contribution in [2.24, 2.45) is 0 Å². The van der Waals surface area contributed by atoms with Crippen molar-refractivity contribution < 1.29 is 19.2 Å². The summed E-state index contributed by atoms with van der Waals surface area (Å²) < 4.78 is 10.6. The molecule has 0 spiro atoms. The van der Waals surface area contributed by atoms with Crippen LogP contribution in [0.3, 0.4) is 0 Å². The van der Waals surface area contributed by atoms with Gasteiger partial charge < -0.3 is 14.8 Å². The zero-order chi connectivity index (χ0) is 20.6. The summed E-state index contributed by atoms with van der Waals surface area (Å²) in [4.78, 5) is 25.2. The Kier molecular flexibility index (Phi) is 7.02. The highest BCUT2D eigenvalue weighted by molar-refractivity contribution is 5.77. The van der Waals surface area contributed by atoms with E-state index >= 15 is 0 Å². The minimum Gasteiger partial charge on any atom is -0.497 e. The molecule has 0 radical (unpaired) electrons. The third-order valence-corrected chi connectivity index (χ3v) is 5.00. The zero-order valence-electron chi connectivity index (χ0n) is 16.4. The normalized spacial score (nSPS) is 14.9. The van der Waals surface area contributed by atoms with Gasteiger partial charge in [-0.1, -0.05) is 24.3 Å². The van der Waals surface area contributed by atoms with E-state index in [1.165, 1.54) is 12.1 Å². The smallest absolute Gasteiger partial charge is 0.310 e. The van der Waals surface area contributed by atoms with Crippen molar-refractivity contribution in [2.75, 3.05) is 33.4 Å². The Balaban J connectivity index is 1.60. The third-order valence-electron chi connectivity index (χ3n) is 5.00. The summed E-state index contributed by atoms with van der Waals surface area (Å²) >= 11 is 0. The van der Waals surface area contributed by atoms with Gasteiger partial charge in [0.15, 0.2) is 12.4 Å². The lowest BCUT2D eigenvalue weighted by molar-refractivity contribution is -0.385. The third kappa shape index (κ3) is 5.45. The average molecular weight is 399 g/mol. The van der Waals surface area contributed by atoms with Crippen LogP contribution < -0.4 is 14.8 Å². The van der Waals surface area contributed by atoms with Crippen LogP contribution in [0.2, 0.25) is 0 Å². The van der Waals surface area contributed by atoms with E-state index in [1.807, 2.05) is 24.3 Å². The van der Waals surface area contributed by atoms with Gasteiger partial charge in [-0.3, -0.25) is 19.8 Å². The monoisotopic (exact) mass is 399 g/mol. The second-order valence-electron chi connectivity index (χ2n) is 6.85. The Morgan fingerprint density at radius 2 is 1.86 bits per heavy atom. The van der Waals surface area contributed by atoms with Crippen molar-refractivity contribution in [3.63, 3.8) is 0 Å². The van der Waals surface area contributed by atoms with Gasteiger partial charge in [-0.25, -0.2) is 0 Å². The van der Waals surface area contributed by atoms with Crippen LogP contribution in [0.1, 0.15) is 24.4 Å². The molecule has 2 aromatic carbocycles. The largest absolute Gasteiger partial charge is 0.497 e. The van der Waals surface area contributed by atoms with Crippen molar-refractivity contribution in [3.8, 4) is 11.5 Å². The number of benzene rings is 2. The summed E-state index contributed by atoms with van der Waals surface area (Å²) in [5, 5.41) is 13.9. The number of hydrogen-bond acceptors (Lipinski definition) is 6. The summed E-state index contributed by atoms with van der Waals surface area (Å²) in [6.45, 7) is 2.13. The highest BCUT2D eigenvalue weighted by atomic mass is 16.6. The molecule has 0 aliphatic carbocycles. The molecule has 1 saturated heterocycles. The van der Waals surface area contributed by atoms with Gasteiger partial charge >= 0.3 is 5.69 Å². The molecule has 0 bridgehead atoms. The summed E-state index contributed by atoms with van der Waals surface area (Å²) in [7, 11) is 1.63. The molecule has 2 aromatic rings. The van der Waals surface area contributed by atoms with Gasteiger partial charge in [-0.2, -0.15) is 0 Å². The van der Waals surface area contributed by atoms with E-state index < -0.39 is 4.92 Å². The molecule has 0 unspecified atom stereocenters. The molecule has 1 heterocycles. The standard InChI is InChI=1S/C21H25N3O5/c1-28-17-10-8-16(9-11-17)19(23-12-4-5-13-23)14-22-21(25)15-29-20-7-3-2-6-18(20)24(26)27/h2-3,6-11,19H,4-5,12-15H2,1H3,(H,22,25)/t19-/m1/s1. The van der Waals surface area contributed by atoms with Crippen LogP contribution in [0.4, 0.5) is 5.69 Å². The van der Waals surface area contributed by atoms with Crippen LogP contribution in [0, 0.1) is 10.1 Å². The zero-order valence-corrected chi connectivity index (χ0v) is 16.4. The number of carbonyl (C=O) groups is 1. The number of amides is 1. The van der Waals surface area contributed by atoms with E-state index in [-0.39, 0.29) is 30.0 Å². The Hall–Kier alpha value is -3.13. The van der Waals surface area contributed by atoms with Crippen LogP contribution in [0.25, 0.3) is 0 Å². The molecule has 3 rings (SSSR count). The minimum absolute atomic E-state index is 0.0541. The summed E-state index contributed by atoms with van der Waals surface area (Å²) in [5.74, 6) is 0.551. The Labute approximate surface area is 169 Å². The molecule has 1 amide bonds. The number of hydrogen-bond donors (Lipinski definition) is 1. The van der Waals surface area contributed by atoms with Crippen molar-refractivity contribution in [2.45, 2.75) is 18.9 Å². The van der Waals surface area contributed by atoms with E-state index in [2.05, 4.69) is 10.2 Å². The predicted molar refractivity (Wildman–Crippen MR) is 108 cm³/mol. The molecule has 1 N–H and O–H groups in total. The number of para-hydroxylation sites is 2.